The molecule has 1 rings (SSSR count). The zero-order valence-electron chi connectivity index (χ0n) is 9.00. The van der Waals surface area contributed by atoms with E-state index in [0.717, 1.165) is 5.56 Å². The molecular formula is C12H12ClNO2. The van der Waals surface area contributed by atoms with Gasteiger partial charge in [0.15, 0.2) is 0 Å². The highest BCUT2D eigenvalue weighted by Gasteiger charge is 2.11. The van der Waals surface area contributed by atoms with E-state index in [9.17, 15) is 4.79 Å². The first kappa shape index (κ1) is 12.5. The van der Waals surface area contributed by atoms with Gasteiger partial charge >= 0.3 is 5.97 Å². The van der Waals surface area contributed by atoms with Crippen LogP contribution in [0.15, 0.2) is 18.2 Å². The van der Waals surface area contributed by atoms with Crippen molar-refractivity contribution in [1.29, 1.82) is 5.26 Å². The number of halogens is 1. The molecule has 0 aliphatic rings. The van der Waals surface area contributed by atoms with Gasteiger partial charge in [-0.25, -0.2) is 4.79 Å². The molecule has 0 N–H and O–H groups in total. The average Bonchev–Trinajstić information content (AvgIpc) is 2.26. The lowest BCUT2D eigenvalue weighted by atomic mass is 10.1. The lowest BCUT2D eigenvalue weighted by Gasteiger charge is -2.05. The highest BCUT2D eigenvalue weighted by atomic mass is 35.5. The van der Waals surface area contributed by atoms with Crippen molar-refractivity contribution in [1.82, 2.24) is 0 Å². The third-order valence-electron chi connectivity index (χ3n) is 2.05. The summed E-state index contributed by atoms with van der Waals surface area (Å²) in [5.74, 6) is -0.417. The van der Waals surface area contributed by atoms with E-state index in [4.69, 9.17) is 21.6 Å². The van der Waals surface area contributed by atoms with E-state index in [1.807, 2.05) is 0 Å². The van der Waals surface area contributed by atoms with Crippen LogP contribution in [-0.4, -0.2) is 12.6 Å². The van der Waals surface area contributed by atoms with Crippen molar-refractivity contribution in [2.45, 2.75) is 19.8 Å². The van der Waals surface area contributed by atoms with Gasteiger partial charge in [0.1, 0.15) is 0 Å². The Hall–Kier alpha value is -1.53. The lowest BCUT2D eigenvalue weighted by Crippen LogP contribution is -2.05. The molecular weight excluding hydrogens is 226 g/mol. The van der Waals surface area contributed by atoms with Crippen molar-refractivity contribution < 1.29 is 9.53 Å². The van der Waals surface area contributed by atoms with E-state index in [1.54, 1.807) is 25.1 Å². The van der Waals surface area contributed by atoms with Gasteiger partial charge in [0.25, 0.3) is 0 Å². The predicted molar refractivity (Wildman–Crippen MR) is 61.3 cm³/mol. The smallest absolute Gasteiger partial charge is 0.339 e. The Morgan fingerprint density at radius 2 is 2.31 bits per heavy atom. The molecule has 0 aliphatic heterocycles. The van der Waals surface area contributed by atoms with E-state index < -0.39 is 5.97 Å². The number of carbonyl (C=O) groups is 1. The van der Waals surface area contributed by atoms with Gasteiger partial charge in [-0.3, -0.25) is 0 Å². The van der Waals surface area contributed by atoms with Crippen molar-refractivity contribution in [3.63, 3.8) is 0 Å². The van der Waals surface area contributed by atoms with Crippen LogP contribution in [0.2, 0.25) is 5.02 Å². The topological polar surface area (TPSA) is 50.1 Å². The lowest BCUT2D eigenvalue weighted by molar-refractivity contribution is 0.0526. The Labute approximate surface area is 99.6 Å². The van der Waals surface area contributed by atoms with E-state index >= 15 is 0 Å². The molecule has 0 heterocycles. The summed E-state index contributed by atoms with van der Waals surface area (Å²) in [6, 6.07) is 7.18. The second-order valence-electron chi connectivity index (χ2n) is 3.19. The number of esters is 1. The Morgan fingerprint density at radius 1 is 1.56 bits per heavy atom. The average molecular weight is 238 g/mol. The monoisotopic (exact) mass is 237 g/mol. The second-order valence-corrected chi connectivity index (χ2v) is 3.60. The molecule has 0 spiro atoms. The molecule has 0 saturated heterocycles. The summed E-state index contributed by atoms with van der Waals surface area (Å²) >= 11 is 5.96. The maximum absolute atomic E-state index is 11.4. The van der Waals surface area contributed by atoms with Crippen LogP contribution in [0, 0.1) is 11.3 Å². The molecule has 0 radical (unpaired) electrons. The largest absolute Gasteiger partial charge is 0.462 e. The Balaban J connectivity index is 2.83. The number of carbonyl (C=O) groups excluding carboxylic acids is 1. The van der Waals surface area contributed by atoms with Crippen molar-refractivity contribution in [3.8, 4) is 6.07 Å². The number of ether oxygens (including phenoxy) is 1. The van der Waals surface area contributed by atoms with Crippen molar-refractivity contribution in [3.05, 3.63) is 34.3 Å². The third-order valence-corrected chi connectivity index (χ3v) is 2.37. The molecule has 0 aliphatic carbocycles. The number of aryl methyl sites for hydroxylation is 1. The van der Waals surface area contributed by atoms with Crippen molar-refractivity contribution in [2.24, 2.45) is 0 Å². The van der Waals surface area contributed by atoms with Gasteiger partial charge in [0.2, 0.25) is 0 Å². The summed E-state index contributed by atoms with van der Waals surface area (Å²) < 4.78 is 4.85. The van der Waals surface area contributed by atoms with Crippen LogP contribution in [0.1, 0.15) is 29.3 Å². The van der Waals surface area contributed by atoms with Gasteiger partial charge < -0.3 is 4.74 Å². The first-order chi connectivity index (χ1) is 7.69. The minimum Gasteiger partial charge on any atom is -0.462 e. The summed E-state index contributed by atoms with van der Waals surface area (Å²) in [6.07, 6.45) is 1.08. The molecule has 4 heteroatoms. The summed E-state index contributed by atoms with van der Waals surface area (Å²) in [5.41, 5.74) is 1.31. The van der Waals surface area contributed by atoms with E-state index in [2.05, 4.69) is 6.07 Å². The number of nitrogens with zero attached hydrogens (tertiary/aromatic N) is 1. The fraction of sp³-hybridized carbons (Fsp3) is 0.333. The molecule has 1 aromatic rings. The van der Waals surface area contributed by atoms with Gasteiger partial charge in [0, 0.05) is 6.42 Å². The van der Waals surface area contributed by atoms with Crippen LogP contribution in [0.25, 0.3) is 0 Å². The fourth-order valence-corrected chi connectivity index (χ4v) is 1.57. The van der Waals surface area contributed by atoms with Crippen LogP contribution in [0.3, 0.4) is 0 Å². The van der Waals surface area contributed by atoms with E-state index in [0.29, 0.717) is 30.0 Å². The minimum atomic E-state index is -0.417. The second kappa shape index (κ2) is 6.14. The summed E-state index contributed by atoms with van der Waals surface area (Å²) in [5, 5.41) is 8.82. The molecule has 0 atom stereocenters. The Bertz CT molecular complexity index is 424. The number of benzene rings is 1. The van der Waals surface area contributed by atoms with Gasteiger partial charge in [0.05, 0.1) is 23.3 Å². The van der Waals surface area contributed by atoms with Crippen LogP contribution in [0.4, 0.5) is 0 Å². The maximum Gasteiger partial charge on any atom is 0.339 e. The molecule has 0 aromatic heterocycles. The summed E-state index contributed by atoms with van der Waals surface area (Å²) in [7, 11) is 0. The zero-order chi connectivity index (χ0) is 12.0. The maximum atomic E-state index is 11.4. The molecule has 16 heavy (non-hydrogen) atoms. The van der Waals surface area contributed by atoms with E-state index in [1.165, 1.54) is 0 Å². The normalized spacial score (nSPS) is 9.56. The van der Waals surface area contributed by atoms with Crippen LogP contribution in [-0.2, 0) is 11.2 Å². The molecule has 1 aromatic carbocycles. The summed E-state index contributed by atoms with van der Waals surface area (Å²) in [6.45, 7) is 2.07. The number of rotatable bonds is 4. The van der Waals surface area contributed by atoms with Gasteiger partial charge in [-0.2, -0.15) is 5.26 Å². The third kappa shape index (κ3) is 3.25. The summed E-state index contributed by atoms with van der Waals surface area (Å²) in [4.78, 5) is 11.4. The van der Waals surface area contributed by atoms with Gasteiger partial charge in [-0.05, 0) is 31.0 Å². The minimum absolute atomic E-state index is 0.325. The number of nitriles is 1. The van der Waals surface area contributed by atoms with Gasteiger partial charge in [-0.1, -0.05) is 17.7 Å². The standard InChI is InChI=1S/C12H12ClNO2/c1-2-16-12(15)10-6-5-9(4-3-7-14)8-11(10)13/h5-6,8H,2-4H2,1H3. The number of hydrogen-bond acceptors (Lipinski definition) is 3. The van der Waals surface area contributed by atoms with Crippen LogP contribution in [0.5, 0.6) is 0 Å². The zero-order valence-corrected chi connectivity index (χ0v) is 9.75. The van der Waals surface area contributed by atoms with Crippen molar-refractivity contribution in [2.75, 3.05) is 6.61 Å². The molecule has 84 valence electrons. The Kier molecular flexibility index (Phi) is 4.81. The van der Waals surface area contributed by atoms with Crippen molar-refractivity contribution >= 4 is 17.6 Å². The highest BCUT2D eigenvalue weighted by Crippen LogP contribution is 2.19. The molecule has 0 bridgehead atoms. The first-order valence-corrected chi connectivity index (χ1v) is 5.39. The first-order valence-electron chi connectivity index (χ1n) is 5.01. The molecule has 3 nitrogen and oxygen atoms in total. The fourth-order valence-electron chi connectivity index (χ4n) is 1.29. The van der Waals surface area contributed by atoms with Gasteiger partial charge in [-0.15, -0.1) is 0 Å². The Morgan fingerprint density at radius 3 is 2.88 bits per heavy atom. The molecule has 0 amide bonds. The predicted octanol–water partition coefficient (Wildman–Crippen LogP) is 2.97. The molecule has 0 fully saturated rings. The SMILES string of the molecule is CCOC(=O)c1ccc(CCC#N)cc1Cl. The van der Waals surface area contributed by atoms with E-state index in [-0.39, 0.29) is 0 Å². The number of hydrogen-bond donors (Lipinski definition) is 0. The highest BCUT2D eigenvalue weighted by molar-refractivity contribution is 6.33. The van der Waals surface area contributed by atoms with Crippen LogP contribution >= 0.6 is 11.6 Å². The quantitative estimate of drug-likeness (QED) is 0.757. The molecule has 0 saturated carbocycles. The molecule has 0 unspecified atom stereocenters. The van der Waals surface area contributed by atoms with Crippen LogP contribution < -0.4 is 0 Å².